The molecule has 7 nitrogen and oxygen atoms in total. The molecule has 2 aliphatic heterocycles. The van der Waals surface area contributed by atoms with Crippen LogP contribution in [0.2, 0.25) is 0 Å². The second kappa shape index (κ2) is 10.7. The summed E-state index contributed by atoms with van der Waals surface area (Å²) in [6.45, 7) is 4.11. The Morgan fingerprint density at radius 1 is 0.781 bits per heavy atom. The van der Waals surface area contributed by atoms with Crippen molar-refractivity contribution in [3.8, 4) is 0 Å². The van der Waals surface area contributed by atoms with Crippen molar-refractivity contribution in [2.75, 3.05) is 49.9 Å². The molecule has 0 aliphatic carbocycles. The zero-order valence-corrected chi connectivity index (χ0v) is 18.4. The minimum atomic E-state index is -0.317. The number of anilines is 2. The molecular formula is C25H32N4O3. The summed E-state index contributed by atoms with van der Waals surface area (Å²) in [5.41, 5.74) is 3.90. The summed E-state index contributed by atoms with van der Waals surface area (Å²) in [6.07, 6.45) is 3.55. The van der Waals surface area contributed by atoms with Gasteiger partial charge in [-0.2, -0.15) is 0 Å². The molecule has 32 heavy (non-hydrogen) atoms. The quantitative estimate of drug-likeness (QED) is 0.591. The number of hydrogen-bond acceptors (Lipinski definition) is 5. The van der Waals surface area contributed by atoms with Gasteiger partial charge < -0.3 is 15.7 Å². The van der Waals surface area contributed by atoms with Crippen molar-refractivity contribution >= 4 is 23.2 Å². The van der Waals surface area contributed by atoms with Crippen molar-refractivity contribution in [3.63, 3.8) is 0 Å². The third-order valence-electron chi connectivity index (χ3n) is 6.06. The normalized spacial score (nSPS) is 19.2. The summed E-state index contributed by atoms with van der Waals surface area (Å²) >= 11 is 0. The van der Waals surface area contributed by atoms with Crippen molar-refractivity contribution in [3.05, 3.63) is 59.7 Å². The van der Waals surface area contributed by atoms with Gasteiger partial charge in [-0.25, -0.2) is 0 Å². The van der Waals surface area contributed by atoms with Crippen LogP contribution in [0.1, 0.15) is 30.4 Å². The number of rotatable bonds is 8. The first-order valence-electron chi connectivity index (χ1n) is 11.4. The number of β-amino-alcohol motifs (C(OH)–C–C–N with tert-alkyl or cyclic N) is 1. The molecule has 170 valence electrons. The van der Waals surface area contributed by atoms with Gasteiger partial charge in [-0.15, -0.1) is 0 Å². The average Bonchev–Trinajstić information content (AvgIpc) is 3.42. The summed E-state index contributed by atoms with van der Waals surface area (Å²) in [5, 5.41) is 15.5. The summed E-state index contributed by atoms with van der Waals surface area (Å²) in [5.74, 6) is -0.0209. The fraction of sp³-hybridized carbons (Fsp3) is 0.440. The van der Waals surface area contributed by atoms with Gasteiger partial charge in [-0.1, -0.05) is 24.3 Å². The first-order chi connectivity index (χ1) is 15.5. The fourth-order valence-corrected chi connectivity index (χ4v) is 4.35. The molecule has 0 unspecified atom stereocenters. The van der Waals surface area contributed by atoms with E-state index in [1.54, 1.807) is 0 Å². The lowest BCUT2D eigenvalue weighted by molar-refractivity contribution is -0.117. The topological polar surface area (TPSA) is 84.9 Å². The number of nitrogens with one attached hydrogen (secondary N) is 2. The van der Waals surface area contributed by atoms with E-state index in [4.69, 9.17) is 0 Å². The molecule has 2 aliphatic rings. The molecule has 2 heterocycles. The maximum atomic E-state index is 12.2. The van der Waals surface area contributed by atoms with E-state index in [9.17, 15) is 14.7 Å². The van der Waals surface area contributed by atoms with E-state index < -0.39 is 0 Å². The molecule has 2 aromatic rings. The van der Waals surface area contributed by atoms with E-state index in [1.165, 1.54) is 12.8 Å². The number of likely N-dealkylation sites (tertiary alicyclic amines) is 2. The number of aliphatic hydroxyl groups is 1. The van der Waals surface area contributed by atoms with E-state index in [0.717, 1.165) is 55.0 Å². The molecule has 0 spiro atoms. The largest absolute Gasteiger partial charge is 0.392 e. The van der Waals surface area contributed by atoms with Gasteiger partial charge in [0.25, 0.3) is 0 Å². The van der Waals surface area contributed by atoms with Crippen LogP contribution in [0.15, 0.2) is 48.5 Å². The monoisotopic (exact) mass is 436 g/mol. The Bertz CT molecular complexity index is 908. The van der Waals surface area contributed by atoms with Gasteiger partial charge in [0, 0.05) is 24.5 Å². The molecule has 2 saturated heterocycles. The van der Waals surface area contributed by atoms with Crippen molar-refractivity contribution in [1.82, 2.24) is 9.80 Å². The Hall–Kier alpha value is -2.74. The third-order valence-corrected chi connectivity index (χ3v) is 6.06. The Balaban J connectivity index is 1.23. The number of amides is 2. The van der Waals surface area contributed by atoms with Crippen molar-refractivity contribution < 1.29 is 14.7 Å². The van der Waals surface area contributed by atoms with E-state index in [1.807, 2.05) is 53.4 Å². The highest BCUT2D eigenvalue weighted by atomic mass is 16.3. The predicted octanol–water partition coefficient (Wildman–Crippen LogP) is 2.32. The molecule has 2 amide bonds. The van der Waals surface area contributed by atoms with Crippen LogP contribution in [0.3, 0.4) is 0 Å². The van der Waals surface area contributed by atoms with Gasteiger partial charge in [0.2, 0.25) is 11.8 Å². The molecule has 2 aromatic carbocycles. The molecular weight excluding hydrogens is 404 g/mol. The highest BCUT2D eigenvalue weighted by molar-refractivity contribution is 5.92. The van der Waals surface area contributed by atoms with Crippen molar-refractivity contribution in [2.24, 2.45) is 0 Å². The first-order valence-corrected chi connectivity index (χ1v) is 11.4. The van der Waals surface area contributed by atoms with Crippen molar-refractivity contribution in [1.29, 1.82) is 0 Å². The lowest BCUT2D eigenvalue weighted by Crippen LogP contribution is -2.32. The maximum absolute atomic E-state index is 12.2. The molecule has 7 heteroatoms. The van der Waals surface area contributed by atoms with Gasteiger partial charge in [0.05, 0.1) is 19.2 Å². The van der Waals surface area contributed by atoms with Crippen LogP contribution in [0.4, 0.5) is 11.4 Å². The van der Waals surface area contributed by atoms with Crippen molar-refractivity contribution in [2.45, 2.75) is 31.8 Å². The molecule has 4 rings (SSSR count). The molecule has 3 N–H and O–H groups in total. The highest BCUT2D eigenvalue weighted by Gasteiger charge is 2.22. The van der Waals surface area contributed by atoms with Gasteiger partial charge in [0.1, 0.15) is 0 Å². The highest BCUT2D eigenvalue weighted by Crippen LogP contribution is 2.17. The van der Waals surface area contributed by atoms with Gasteiger partial charge >= 0.3 is 0 Å². The lowest BCUT2D eigenvalue weighted by atomic mass is 10.0. The summed E-state index contributed by atoms with van der Waals surface area (Å²) in [7, 11) is 0. The predicted molar refractivity (Wildman–Crippen MR) is 126 cm³/mol. The smallest absolute Gasteiger partial charge is 0.238 e. The van der Waals surface area contributed by atoms with Crippen LogP contribution in [0.5, 0.6) is 0 Å². The Morgan fingerprint density at radius 2 is 1.28 bits per heavy atom. The van der Waals surface area contributed by atoms with Crippen LogP contribution in [0.25, 0.3) is 0 Å². The van der Waals surface area contributed by atoms with Crippen LogP contribution in [0, 0.1) is 0 Å². The van der Waals surface area contributed by atoms with Gasteiger partial charge in [-0.05, 0) is 74.2 Å². The van der Waals surface area contributed by atoms with Crippen LogP contribution in [-0.2, 0) is 16.0 Å². The standard InChI is InChI=1S/C25H32N4O3/c30-23-11-14-29(16-23)18-25(32)27-22-9-5-20(6-10-22)15-19-3-7-21(8-4-19)26-24(31)17-28-12-1-2-13-28/h3-10,23,30H,1-2,11-18H2,(H,26,31)(H,27,32)/t23-/m1/s1. The van der Waals surface area contributed by atoms with Crippen LogP contribution < -0.4 is 10.6 Å². The molecule has 0 aromatic heterocycles. The van der Waals surface area contributed by atoms with Crippen LogP contribution >= 0.6 is 0 Å². The van der Waals surface area contributed by atoms with Crippen LogP contribution in [-0.4, -0.2) is 72.1 Å². The Morgan fingerprint density at radius 3 is 1.75 bits per heavy atom. The van der Waals surface area contributed by atoms with E-state index in [-0.39, 0.29) is 17.9 Å². The number of nitrogens with zero attached hydrogens (tertiary/aromatic N) is 2. The second-order valence-electron chi connectivity index (χ2n) is 8.83. The summed E-state index contributed by atoms with van der Waals surface area (Å²) < 4.78 is 0. The van der Waals surface area contributed by atoms with Gasteiger partial charge in [0.15, 0.2) is 0 Å². The number of hydrogen-bond donors (Lipinski definition) is 3. The zero-order valence-electron chi connectivity index (χ0n) is 18.4. The number of benzene rings is 2. The number of carbonyl (C=O) groups excluding carboxylic acids is 2. The lowest BCUT2D eigenvalue weighted by Gasteiger charge is -2.14. The Kier molecular flexibility index (Phi) is 7.52. The van der Waals surface area contributed by atoms with E-state index >= 15 is 0 Å². The third kappa shape index (κ3) is 6.63. The van der Waals surface area contributed by atoms with Gasteiger partial charge in [-0.3, -0.25) is 19.4 Å². The minimum absolute atomic E-state index is 0.0400. The molecule has 1 atom stereocenters. The Labute approximate surface area is 189 Å². The maximum Gasteiger partial charge on any atom is 0.238 e. The molecule has 0 saturated carbocycles. The molecule has 2 fully saturated rings. The number of aliphatic hydroxyl groups excluding tert-OH is 1. The number of carbonyl (C=O) groups is 2. The minimum Gasteiger partial charge on any atom is -0.392 e. The summed E-state index contributed by atoms with van der Waals surface area (Å²) in [6, 6.07) is 15.8. The average molecular weight is 437 g/mol. The molecule has 0 bridgehead atoms. The first kappa shape index (κ1) is 22.5. The van der Waals surface area contributed by atoms with E-state index in [2.05, 4.69) is 15.5 Å². The fourth-order valence-electron chi connectivity index (χ4n) is 4.35. The molecule has 0 radical (unpaired) electrons. The summed E-state index contributed by atoms with van der Waals surface area (Å²) in [4.78, 5) is 28.5. The zero-order chi connectivity index (χ0) is 22.3. The SMILES string of the molecule is O=C(CN1CCCC1)Nc1ccc(Cc2ccc(NC(=O)CN3CC[C@@H](O)C3)cc2)cc1. The van der Waals surface area contributed by atoms with E-state index in [0.29, 0.717) is 19.6 Å². The second-order valence-corrected chi connectivity index (χ2v) is 8.83.